The zero-order valence-electron chi connectivity index (χ0n) is 14.3. The summed E-state index contributed by atoms with van der Waals surface area (Å²) in [6.45, 7) is 2.63. The Bertz CT molecular complexity index is 888. The molecule has 26 heavy (non-hydrogen) atoms. The molecule has 132 valence electrons. The summed E-state index contributed by atoms with van der Waals surface area (Å²) in [4.78, 5) is 24.0. The second kappa shape index (κ2) is 8.06. The summed E-state index contributed by atoms with van der Waals surface area (Å²) in [5.74, 6) is -0.512. The Hall–Kier alpha value is -3.48. The molecule has 0 aliphatic rings. The lowest BCUT2D eigenvalue weighted by Crippen LogP contribution is -2.34. The van der Waals surface area contributed by atoms with Crippen LogP contribution in [0.1, 0.15) is 26.4 Å². The third-order valence-corrected chi connectivity index (χ3v) is 3.76. The van der Waals surface area contributed by atoms with Crippen molar-refractivity contribution >= 4 is 11.8 Å². The summed E-state index contributed by atoms with van der Waals surface area (Å²) >= 11 is 0. The minimum absolute atomic E-state index is 0.176. The molecule has 0 fully saturated rings. The first kappa shape index (κ1) is 17.3. The first-order chi connectivity index (χ1) is 12.6. The Labute approximate surface area is 151 Å². The van der Waals surface area contributed by atoms with Gasteiger partial charge in [0.2, 0.25) is 0 Å². The lowest BCUT2D eigenvalue weighted by atomic mass is 10.2. The molecule has 0 aliphatic carbocycles. The fraction of sp³-hybridized carbons (Fsp3) is 0.158. The van der Waals surface area contributed by atoms with E-state index in [2.05, 4.69) is 20.9 Å². The first-order valence-electron chi connectivity index (χ1n) is 8.24. The van der Waals surface area contributed by atoms with Gasteiger partial charge in [0.15, 0.2) is 5.69 Å². The Balaban J connectivity index is 1.48. The average molecular weight is 349 g/mol. The van der Waals surface area contributed by atoms with Crippen LogP contribution >= 0.6 is 0 Å². The van der Waals surface area contributed by atoms with Gasteiger partial charge in [0.25, 0.3) is 11.8 Å². The van der Waals surface area contributed by atoms with E-state index in [0.29, 0.717) is 18.7 Å². The number of nitrogens with zero attached hydrogens (tertiary/aromatic N) is 3. The van der Waals surface area contributed by atoms with E-state index in [1.807, 2.05) is 37.3 Å². The van der Waals surface area contributed by atoms with E-state index in [1.54, 1.807) is 35.1 Å². The molecule has 7 heteroatoms. The minimum Gasteiger partial charge on any atom is -0.350 e. The maximum Gasteiger partial charge on any atom is 0.273 e. The van der Waals surface area contributed by atoms with E-state index < -0.39 is 0 Å². The second-order valence-electron chi connectivity index (χ2n) is 5.76. The van der Waals surface area contributed by atoms with Crippen molar-refractivity contribution in [3.05, 3.63) is 77.6 Å². The number of hydrogen-bond acceptors (Lipinski definition) is 4. The van der Waals surface area contributed by atoms with E-state index in [9.17, 15) is 9.59 Å². The van der Waals surface area contributed by atoms with Crippen molar-refractivity contribution in [2.24, 2.45) is 0 Å². The molecule has 3 aromatic rings. The van der Waals surface area contributed by atoms with Gasteiger partial charge in [0.1, 0.15) is 0 Å². The van der Waals surface area contributed by atoms with Gasteiger partial charge in [-0.05, 0) is 31.2 Å². The molecule has 0 radical (unpaired) electrons. The van der Waals surface area contributed by atoms with Crippen LogP contribution < -0.4 is 10.6 Å². The molecule has 2 amide bonds. The number of amides is 2. The summed E-state index contributed by atoms with van der Waals surface area (Å²) in [7, 11) is 0. The highest BCUT2D eigenvalue weighted by Gasteiger charge is 2.11. The van der Waals surface area contributed by atoms with Gasteiger partial charge in [-0.1, -0.05) is 41.1 Å². The molecule has 3 rings (SSSR count). The molecule has 0 bridgehead atoms. The largest absolute Gasteiger partial charge is 0.350 e. The highest BCUT2D eigenvalue weighted by atomic mass is 16.2. The molecule has 2 aromatic carbocycles. The van der Waals surface area contributed by atoms with Crippen molar-refractivity contribution < 1.29 is 9.59 Å². The third kappa shape index (κ3) is 4.32. The van der Waals surface area contributed by atoms with E-state index in [4.69, 9.17) is 0 Å². The van der Waals surface area contributed by atoms with Crippen molar-refractivity contribution in [3.8, 4) is 5.69 Å². The van der Waals surface area contributed by atoms with Crippen LogP contribution in [-0.4, -0.2) is 39.9 Å². The van der Waals surface area contributed by atoms with E-state index in [0.717, 1.165) is 11.3 Å². The standard InChI is InChI=1S/C19H19N5O2/c1-14-7-9-16(10-8-14)24-13-17(22-23-24)19(26)21-12-11-20-18(25)15-5-3-2-4-6-15/h2-10,13H,11-12H2,1H3,(H,20,25)(H,21,26). The number of rotatable bonds is 6. The van der Waals surface area contributed by atoms with E-state index in [1.165, 1.54) is 0 Å². The van der Waals surface area contributed by atoms with Gasteiger partial charge in [-0.25, -0.2) is 4.68 Å². The van der Waals surface area contributed by atoms with Crippen LogP contribution in [0.2, 0.25) is 0 Å². The van der Waals surface area contributed by atoms with Gasteiger partial charge >= 0.3 is 0 Å². The molecule has 0 saturated heterocycles. The van der Waals surface area contributed by atoms with Crippen molar-refractivity contribution in [3.63, 3.8) is 0 Å². The molecular formula is C19H19N5O2. The molecule has 1 heterocycles. The van der Waals surface area contributed by atoms with Crippen LogP contribution in [0.3, 0.4) is 0 Å². The topological polar surface area (TPSA) is 88.9 Å². The second-order valence-corrected chi connectivity index (χ2v) is 5.76. The van der Waals surface area contributed by atoms with Crippen LogP contribution in [0.15, 0.2) is 60.8 Å². The predicted molar refractivity (Wildman–Crippen MR) is 97.2 cm³/mol. The maximum absolute atomic E-state index is 12.1. The molecule has 7 nitrogen and oxygen atoms in total. The average Bonchev–Trinajstić information content (AvgIpc) is 3.16. The summed E-state index contributed by atoms with van der Waals surface area (Å²) in [6, 6.07) is 16.7. The number of nitrogens with one attached hydrogen (secondary N) is 2. The Morgan fingerprint density at radius 3 is 2.27 bits per heavy atom. The number of aryl methyl sites for hydroxylation is 1. The first-order valence-corrected chi connectivity index (χ1v) is 8.24. The molecule has 1 aromatic heterocycles. The molecule has 2 N–H and O–H groups in total. The Morgan fingerprint density at radius 1 is 0.923 bits per heavy atom. The van der Waals surface area contributed by atoms with Crippen LogP contribution in [0, 0.1) is 6.92 Å². The fourth-order valence-corrected chi connectivity index (χ4v) is 2.33. The molecule has 0 spiro atoms. The molecule has 0 saturated carbocycles. The van der Waals surface area contributed by atoms with Crippen LogP contribution in [0.25, 0.3) is 5.69 Å². The lowest BCUT2D eigenvalue weighted by Gasteiger charge is -2.06. The smallest absolute Gasteiger partial charge is 0.273 e. The van der Waals surface area contributed by atoms with Crippen molar-refractivity contribution in [2.75, 3.05) is 13.1 Å². The number of carbonyl (C=O) groups excluding carboxylic acids is 2. The van der Waals surface area contributed by atoms with Crippen LogP contribution in [0.4, 0.5) is 0 Å². The van der Waals surface area contributed by atoms with E-state index >= 15 is 0 Å². The summed E-state index contributed by atoms with van der Waals surface area (Å²) in [5.41, 5.74) is 2.78. The van der Waals surface area contributed by atoms with E-state index in [-0.39, 0.29) is 17.5 Å². The lowest BCUT2D eigenvalue weighted by molar-refractivity contribution is 0.0925. The number of carbonyl (C=O) groups is 2. The summed E-state index contributed by atoms with van der Waals surface area (Å²) in [5, 5.41) is 13.3. The van der Waals surface area contributed by atoms with Crippen molar-refractivity contribution in [1.29, 1.82) is 0 Å². The van der Waals surface area contributed by atoms with Crippen molar-refractivity contribution in [1.82, 2.24) is 25.6 Å². The number of benzene rings is 2. The molecule has 0 aliphatic heterocycles. The van der Waals surface area contributed by atoms with Gasteiger partial charge in [-0.15, -0.1) is 5.10 Å². The highest BCUT2D eigenvalue weighted by molar-refractivity contribution is 5.94. The Kier molecular flexibility index (Phi) is 5.38. The van der Waals surface area contributed by atoms with Gasteiger partial charge in [-0.2, -0.15) is 0 Å². The van der Waals surface area contributed by atoms with Gasteiger partial charge in [-0.3, -0.25) is 9.59 Å². The Morgan fingerprint density at radius 2 is 1.58 bits per heavy atom. The fourth-order valence-electron chi connectivity index (χ4n) is 2.33. The maximum atomic E-state index is 12.1. The number of aromatic nitrogens is 3. The third-order valence-electron chi connectivity index (χ3n) is 3.76. The monoisotopic (exact) mass is 349 g/mol. The van der Waals surface area contributed by atoms with Gasteiger partial charge in [0.05, 0.1) is 11.9 Å². The molecular weight excluding hydrogens is 330 g/mol. The molecule has 0 atom stereocenters. The summed E-state index contributed by atoms with van der Waals surface area (Å²) < 4.78 is 1.55. The zero-order valence-corrected chi connectivity index (χ0v) is 14.3. The quantitative estimate of drug-likeness (QED) is 0.664. The van der Waals surface area contributed by atoms with Crippen molar-refractivity contribution in [2.45, 2.75) is 6.92 Å². The molecule has 0 unspecified atom stereocenters. The SMILES string of the molecule is Cc1ccc(-n2cc(C(=O)NCCNC(=O)c3ccccc3)nn2)cc1. The minimum atomic E-state index is -0.336. The van der Waals surface area contributed by atoms with Gasteiger partial charge in [0, 0.05) is 18.7 Å². The van der Waals surface area contributed by atoms with Gasteiger partial charge < -0.3 is 10.6 Å². The predicted octanol–water partition coefficient (Wildman–Crippen LogP) is 1.74. The highest BCUT2D eigenvalue weighted by Crippen LogP contribution is 2.08. The number of hydrogen-bond donors (Lipinski definition) is 2. The zero-order chi connectivity index (χ0) is 18.4. The summed E-state index contributed by atoms with van der Waals surface area (Å²) in [6.07, 6.45) is 1.57. The van der Waals surface area contributed by atoms with Crippen LogP contribution in [0.5, 0.6) is 0 Å². The normalized spacial score (nSPS) is 10.3. The van der Waals surface area contributed by atoms with Crippen LogP contribution in [-0.2, 0) is 0 Å².